The second kappa shape index (κ2) is 8.09. The molecule has 1 aromatic heterocycles. The molecule has 4 aromatic rings. The van der Waals surface area contributed by atoms with Gasteiger partial charge in [0.25, 0.3) is 15.9 Å². The fourth-order valence-electron chi connectivity index (χ4n) is 3.15. The molecule has 0 spiro atoms. The van der Waals surface area contributed by atoms with Crippen molar-refractivity contribution < 1.29 is 17.6 Å². The quantitative estimate of drug-likeness (QED) is 0.438. The Labute approximate surface area is 182 Å². The number of hydrogen-bond donors (Lipinski definition) is 2. The highest BCUT2D eigenvalue weighted by Gasteiger charge is 2.19. The van der Waals surface area contributed by atoms with E-state index in [4.69, 9.17) is 0 Å². The Morgan fingerprint density at radius 2 is 1.81 bits per heavy atom. The molecule has 0 saturated heterocycles. The Hall–Kier alpha value is -3.30. The molecule has 3 aromatic carbocycles. The molecule has 2 N–H and O–H groups in total. The van der Waals surface area contributed by atoms with Crippen LogP contribution in [-0.4, -0.2) is 19.3 Å². The van der Waals surface area contributed by atoms with E-state index in [9.17, 15) is 17.6 Å². The van der Waals surface area contributed by atoms with E-state index >= 15 is 0 Å². The SMILES string of the molecule is Cc1cc(C)c2nc(NC(=O)c3cccc(S(=O)(=O)Nc4ccccc4F)c3)sc2c1. The molecule has 31 heavy (non-hydrogen) atoms. The number of benzene rings is 3. The van der Waals surface area contributed by atoms with Gasteiger partial charge in [-0.1, -0.05) is 35.6 Å². The summed E-state index contributed by atoms with van der Waals surface area (Å²) in [6, 6.07) is 15.0. The van der Waals surface area contributed by atoms with Crippen LogP contribution < -0.4 is 10.0 Å². The summed E-state index contributed by atoms with van der Waals surface area (Å²) in [4.78, 5) is 17.0. The third-order valence-corrected chi connectivity index (χ3v) is 6.86. The second-order valence-electron chi connectivity index (χ2n) is 7.01. The van der Waals surface area contributed by atoms with Crippen LogP contribution in [0.5, 0.6) is 0 Å². The molecule has 0 fully saturated rings. The average molecular weight is 456 g/mol. The van der Waals surface area contributed by atoms with Crippen molar-refractivity contribution in [1.29, 1.82) is 0 Å². The maximum absolute atomic E-state index is 13.8. The number of para-hydroxylation sites is 1. The molecule has 158 valence electrons. The Bertz CT molecular complexity index is 1410. The summed E-state index contributed by atoms with van der Waals surface area (Å²) in [6.45, 7) is 3.95. The van der Waals surface area contributed by atoms with Crippen molar-refractivity contribution in [1.82, 2.24) is 4.98 Å². The van der Waals surface area contributed by atoms with Gasteiger partial charge < -0.3 is 0 Å². The predicted octanol–water partition coefficient (Wildman–Crippen LogP) is 5.11. The monoisotopic (exact) mass is 455 g/mol. The fourth-order valence-corrected chi connectivity index (χ4v) is 5.30. The summed E-state index contributed by atoms with van der Waals surface area (Å²) >= 11 is 1.35. The lowest BCUT2D eigenvalue weighted by molar-refractivity contribution is 0.102. The Kier molecular flexibility index (Phi) is 5.47. The molecule has 1 amide bonds. The van der Waals surface area contributed by atoms with Gasteiger partial charge in [-0.2, -0.15) is 0 Å². The van der Waals surface area contributed by atoms with Crippen molar-refractivity contribution in [2.24, 2.45) is 0 Å². The number of aryl methyl sites for hydroxylation is 2. The van der Waals surface area contributed by atoms with Crippen LogP contribution in [0.25, 0.3) is 10.2 Å². The minimum Gasteiger partial charge on any atom is -0.298 e. The van der Waals surface area contributed by atoms with E-state index in [1.54, 1.807) is 0 Å². The molecule has 1 heterocycles. The van der Waals surface area contributed by atoms with Crippen LogP contribution in [0.4, 0.5) is 15.2 Å². The summed E-state index contributed by atoms with van der Waals surface area (Å²) in [5.74, 6) is -1.18. The first-order valence-electron chi connectivity index (χ1n) is 9.29. The van der Waals surface area contributed by atoms with Crippen molar-refractivity contribution in [3.05, 3.63) is 83.2 Å². The minimum atomic E-state index is -4.08. The lowest BCUT2D eigenvalue weighted by Gasteiger charge is -2.10. The maximum Gasteiger partial charge on any atom is 0.262 e. The van der Waals surface area contributed by atoms with Gasteiger partial charge in [0.2, 0.25) is 0 Å². The minimum absolute atomic E-state index is 0.142. The summed E-state index contributed by atoms with van der Waals surface area (Å²) in [7, 11) is -4.08. The number of rotatable bonds is 5. The normalized spacial score (nSPS) is 11.5. The first kappa shape index (κ1) is 21.0. The number of carbonyl (C=O) groups excluding carboxylic acids is 1. The average Bonchev–Trinajstić information content (AvgIpc) is 3.12. The van der Waals surface area contributed by atoms with Crippen LogP contribution in [0.2, 0.25) is 0 Å². The number of thiazole rings is 1. The predicted molar refractivity (Wildman–Crippen MR) is 121 cm³/mol. The first-order chi connectivity index (χ1) is 14.7. The summed E-state index contributed by atoms with van der Waals surface area (Å²) in [5.41, 5.74) is 2.91. The number of hydrogen-bond acceptors (Lipinski definition) is 5. The van der Waals surface area contributed by atoms with Gasteiger partial charge >= 0.3 is 0 Å². The number of halogens is 1. The molecule has 0 bridgehead atoms. The van der Waals surface area contributed by atoms with Crippen molar-refractivity contribution >= 4 is 48.3 Å². The van der Waals surface area contributed by atoms with Gasteiger partial charge in [-0.05, 0) is 61.4 Å². The van der Waals surface area contributed by atoms with Crippen molar-refractivity contribution in [2.75, 3.05) is 10.0 Å². The number of nitrogens with zero attached hydrogens (tertiary/aromatic N) is 1. The van der Waals surface area contributed by atoms with E-state index in [-0.39, 0.29) is 16.1 Å². The molecule has 6 nitrogen and oxygen atoms in total. The molecular formula is C22H18FN3O3S2. The van der Waals surface area contributed by atoms with Crippen LogP contribution in [0.15, 0.2) is 65.6 Å². The topological polar surface area (TPSA) is 88.2 Å². The molecule has 0 saturated carbocycles. The summed E-state index contributed by atoms with van der Waals surface area (Å²) in [6.07, 6.45) is 0. The molecule has 0 aliphatic heterocycles. The second-order valence-corrected chi connectivity index (χ2v) is 9.73. The van der Waals surface area contributed by atoms with Gasteiger partial charge in [-0.15, -0.1) is 0 Å². The number of sulfonamides is 1. The number of anilines is 2. The van der Waals surface area contributed by atoms with Crippen LogP contribution in [0, 0.1) is 19.7 Å². The molecular weight excluding hydrogens is 437 g/mol. The molecule has 9 heteroatoms. The van der Waals surface area contributed by atoms with E-state index < -0.39 is 21.7 Å². The Morgan fingerprint density at radius 1 is 1.03 bits per heavy atom. The van der Waals surface area contributed by atoms with Crippen LogP contribution >= 0.6 is 11.3 Å². The number of amides is 1. The lowest BCUT2D eigenvalue weighted by Crippen LogP contribution is -2.16. The fraction of sp³-hybridized carbons (Fsp3) is 0.0909. The molecule has 0 aliphatic carbocycles. The van der Waals surface area contributed by atoms with Crippen molar-refractivity contribution in [2.45, 2.75) is 18.7 Å². The van der Waals surface area contributed by atoms with Gasteiger partial charge in [0.05, 0.1) is 20.8 Å². The first-order valence-corrected chi connectivity index (χ1v) is 11.6. The summed E-state index contributed by atoms with van der Waals surface area (Å²) < 4.78 is 42.3. The number of carbonyl (C=O) groups is 1. The van der Waals surface area contributed by atoms with Gasteiger partial charge in [-0.25, -0.2) is 17.8 Å². The Balaban J connectivity index is 1.58. The largest absolute Gasteiger partial charge is 0.298 e. The van der Waals surface area contributed by atoms with E-state index in [0.29, 0.717) is 5.13 Å². The smallest absolute Gasteiger partial charge is 0.262 e. The van der Waals surface area contributed by atoms with Crippen molar-refractivity contribution in [3.8, 4) is 0 Å². The highest BCUT2D eigenvalue weighted by molar-refractivity contribution is 7.92. The highest BCUT2D eigenvalue weighted by Crippen LogP contribution is 2.29. The van der Waals surface area contributed by atoms with Crippen LogP contribution in [0.3, 0.4) is 0 Å². The zero-order valence-electron chi connectivity index (χ0n) is 16.6. The van der Waals surface area contributed by atoms with E-state index in [2.05, 4.69) is 15.0 Å². The van der Waals surface area contributed by atoms with Crippen LogP contribution in [0.1, 0.15) is 21.5 Å². The Morgan fingerprint density at radius 3 is 2.58 bits per heavy atom. The zero-order chi connectivity index (χ0) is 22.2. The number of fused-ring (bicyclic) bond motifs is 1. The number of aromatic nitrogens is 1. The maximum atomic E-state index is 13.8. The van der Waals surface area contributed by atoms with Gasteiger partial charge in [-0.3, -0.25) is 14.8 Å². The third kappa shape index (κ3) is 4.42. The van der Waals surface area contributed by atoms with E-state index in [0.717, 1.165) is 27.4 Å². The molecule has 0 atom stereocenters. The van der Waals surface area contributed by atoms with Gasteiger partial charge in [0.1, 0.15) is 5.82 Å². The standard InChI is InChI=1S/C22H18FN3O3S2/c1-13-10-14(2)20-19(11-13)30-22(24-20)25-21(27)15-6-5-7-16(12-15)31(28,29)26-18-9-4-3-8-17(18)23/h3-12,26H,1-2H3,(H,24,25,27). The summed E-state index contributed by atoms with van der Waals surface area (Å²) in [5, 5.41) is 3.15. The zero-order valence-corrected chi connectivity index (χ0v) is 18.3. The molecule has 4 rings (SSSR count). The molecule has 0 unspecified atom stereocenters. The molecule has 0 aliphatic rings. The van der Waals surface area contributed by atoms with E-state index in [1.165, 1.54) is 53.8 Å². The van der Waals surface area contributed by atoms with Crippen molar-refractivity contribution in [3.63, 3.8) is 0 Å². The number of nitrogens with one attached hydrogen (secondary N) is 2. The van der Waals surface area contributed by atoms with Crippen LogP contribution in [-0.2, 0) is 10.0 Å². The third-order valence-electron chi connectivity index (χ3n) is 4.58. The highest BCUT2D eigenvalue weighted by atomic mass is 32.2. The molecule has 0 radical (unpaired) electrons. The van der Waals surface area contributed by atoms with Gasteiger partial charge in [0.15, 0.2) is 5.13 Å². The van der Waals surface area contributed by atoms with Gasteiger partial charge in [0, 0.05) is 5.56 Å². The lowest BCUT2D eigenvalue weighted by atomic mass is 10.1. The van der Waals surface area contributed by atoms with E-state index in [1.807, 2.05) is 26.0 Å².